The van der Waals surface area contributed by atoms with E-state index in [-0.39, 0.29) is 0 Å². The van der Waals surface area contributed by atoms with Gasteiger partial charge in [-0.3, -0.25) is 4.79 Å². The Balaban J connectivity index is 4.34. The van der Waals surface area contributed by atoms with E-state index in [9.17, 15) is 22.8 Å². The molecule has 17 heavy (non-hydrogen) atoms. The van der Waals surface area contributed by atoms with Gasteiger partial charge < -0.3 is 15.2 Å². The minimum atomic E-state index is -4.92. The average molecular weight is 257 g/mol. The van der Waals surface area contributed by atoms with Crippen LogP contribution < -0.4 is 5.32 Å². The van der Waals surface area contributed by atoms with Crippen molar-refractivity contribution in [1.82, 2.24) is 5.32 Å². The molecule has 0 aliphatic rings. The first-order chi connectivity index (χ1) is 7.43. The van der Waals surface area contributed by atoms with Gasteiger partial charge in [0.05, 0.1) is 0 Å². The summed E-state index contributed by atoms with van der Waals surface area (Å²) in [6, 6.07) is 0. The van der Waals surface area contributed by atoms with Crippen LogP contribution in [0.25, 0.3) is 0 Å². The number of hydrogen-bond acceptors (Lipinski definition) is 3. The molecular weight excluding hydrogens is 243 g/mol. The molecule has 1 atom stereocenters. The molecule has 1 unspecified atom stereocenters. The zero-order valence-corrected chi connectivity index (χ0v) is 9.59. The summed E-state index contributed by atoms with van der Waals surface area (Å²) in [5.41, 5.74) is -0.860. The van der Waals surface area contributed by atoms with E-state index in [0.29, 0.717) is 0 Å². The van der Waals surface area contributed by atoms with Crippen LogP contribution in [0.15, 0.2) is 0 Å². The predicted octanol–water partition coefficient (Wildman–Crippen LogP) is 1.77. The summed E-state index contributed by atoms with van der Waals surface area (Å²) >= 11 is 0. The molecule has 0 saturated heterocycles. The maximum atomic E-state index is 12.2. The van der Waals surface area contributed by atoms with Gasteiger partial charge in [0.1, 0.15) is 5.60 Å². The van der Waals surface area contributed by atoms with Crippen LogP contribution in [0.4, 0.5) is 18.0 Å². The Bertz CT molecular complexity index is 296. The summed E-state index contributed by atoms with van der Waals surface area (Å²) < 4.78 is 41.2. The quantitative estimate of drug-likeness (QED) is 0.808. The molecule has 0 fully saturated rings. The standard InChI is InChI=1S/C9H14F3NO4/c1-8(2,3)17-7(16)13-4-5(6(14)15)9(10,11)12/h5H,4H2,1-3H3,(H,13,16)(H,14,15). The lowest BCUT2D eigenvalue weighted by Crippen LogP contribution is -2.42. The summed E-state index contributed by atoms with van der Waals surface area (Å²) in [6.45, 7) is 3.54. The Labute approximate surface area is 95.9 Å². The second-order valence-electron chi connectivity index (χ2n) is 4.32. The molecule has 0 aromatic heterocycles. The Hall–Kier alpha value is -1.47. The predicted molar refractivity (Wildman–Crippen MR) is 51.4 cm³/mol. The van der Waals surface area contributed by atoms with Crippen molar-refractivity contribution in [3.05, 3.63) is 0 Å². The largest absolute Gasteiger partial charge is 0.481 e. The van der Waals surface area contributed by atoms with E-state index in [1.165, 1.54) is 20.8 Å². The van der Waals surface area contributed by atoms with Gasteiger partial charge in [-0.2, -0.15) is 13.2 Å². The van der Waals surface area contributed by atoms with Gasteiger partial charge in [0.25, 0.3) is 0 Å². The SMILES string of the molecule is CC(C)(C)OC(=O)NCC(C(=O)O)C(F)(F)F. The molecule has 0 aromatic rings. The van der Waals surface area contributed by atoms with Crippen LogP contribution >= 0.6 is 0 Å². The number of hydrogen-bond donors (Lipinski definition) is 2. The Morgan fingerprint density at radius 2 is 1.76 bits per heavy atom. The maximum Gasteiger partial charge on any atom is 0.407 e. The molecule has 0 aliphatic carbocycles. The summed E-state index contributed by atoms with van der Waals surface area (Å²) in [4.78, 5) is 21.4. The van der Waals surface area contributed by atoms with Crippen molar-refractivity contribution in [2.24, 2.45) is 5.92 Å². The third-order valence-corrected chi connectivity index (χ3v) is 1.54. The summed E-state index contributed by atoms with van der Waals surface area (Å²) in [5, 5.41) is 10.1. The van der Waals surface area contributed by atoms with E-state index < -0.39 is 36.3 Å². The Kier molecular flexibility index (Phi) is 4.79. The van der Waals surface area contributed by atoms with Crippen LogP contribution in [-0.4, -0.2) is 35.5 Å². The van der Waals surface area contributed by atoms with Gasteiger partial charge in [-0.1, -0.05) is 0 Å². The van der Waals surface area contributed by atoms with Crippen LogP contribution in [-0.2, 0) is 9.53 Å². The lowest BCUT2D eigenvalue weighted by atomic mass is 10.1. The average Bonchev–Trinajstić information content (AvgIpc) is 1.96. The molecule has 1 amide bonds. The first kappa shape index (κ1) is 15.5. The Morgan fingerprint density at radius 3 is 2.06 bits per heavy atom. The van der Waals surface area contributed by atoms with E-state index in [1.807, 2.05) is 0 Å². The van der Waals surface area contributed by atoms with Crippen LogP contribution in [0, 0.1) is 5.92 Å². The number of carbonyl (C=O) groups is 2. The molecule has 5 nitrogen and oxygen atoms in total. The van der Waals surface area contributed by atoms with Gasteiger partial charge in [-0.05, 0) is 20.8 Å². The highest BCUT2D eigenvalue weighted by molar-refractivity contribution is 5.73. The molecule has 0 bridgehead atoms. The van der Waals surface area contributed by atoms with Gasteiger partial charge in [-0.25, -0.2) is 4.79 Å². The number of carbonyl (C=O) groups excluding carboxylic acids is 1. The molecule has 0 saturated carbocycles. The van der Waals surface area contributed by atoms with E-state index >= 15 is 0 Å². The number of nitrogens with one attached hydrogen (secondary N) is 1. The van der Waals surface area contributed by atoms with Crippen molar-refractivity contribution >= 4 is 12.1 Å². The second kappa shape index (κ2) is 5.24. The number of carboxylic acid groups (broad SMARTS) is 1. The molecular formula is C9H14F3NO4. The topological polar surface area (TPSA) is 75.6 Å². The monoisotopic (exact) mass is 257 g/mol. The van der Waals surface area contributed by atoms with Crippen LogP contribution in [0.2, 0.25) is 0 Å². The number of rotatable bonds is 3. The second-order valence-corrected chi connectivity index (χ2v) is 4.32. The van der Waals surface area contributed by atoms with Crippen LogP contribution in [0.3, 0.4) is 0 Å². The molecule has 0 rings (SSSR count). The first-order valence-electron chi connectivity index (χ1n) is 4.70. The first-order valence-corrected chi connectivity index (χ1v) is 4.70. The van der Waals surface area contributed by atoms with Crippen LogP contribution in [0.5, 0.6) is 0 Å². The lowest BCUT2D eigenvalue weighted by molar-refractivity contribution is -0.192. The molecule has 0 aromatic carbocycles. The van der Waals surface area contributed by atoms with Crippen molar-refractivity contribution in [3.8, 4) is 0 Å². The fourth-order valence-electron chi connectivity index (χ4n) is 0.843. The highest BCUT2D eigenvalue weighted by Gasteiger charge is 2.45. The number of aliphatic carboxylic acids is 1. The number of halogens is 3. The van der Waals surface area contributed by atoms with Crippen molar-refractivity contribution in [2.45, 2.75) is 32.5 Å². The van der Waals surface area contributed by atoms with E-state index in [1.54, 1.807) is 5.32 Å². The molecule has 0 aliphatic heterocycles. The van der Waals surface area contributed by atoms with Gasteiger partial charge in [0.2, 0.25) is 0 Å². The zero-order valence-electron chi connectivity index (χ0n) is 9.59. The molecule has 8 heteroatoms. The number of ether oxygens (including phenoxy) is 1. The van der Waals surface area contributed by atoms with Crippen molar-refractivity contribution in [3.63, 3.8) is 0 Å². The normalized spacial score (nSPS) is 14.0. The van der Waals surface area contributed by atoms with E-state index in [4.69, 9.17) is 5.11 Å². The zero-order chi connectivity index (χ0) is 13.9. The van der Waals surface area contributed by atoms with Gasteiger partial charge in [0.15, 0.2) is 5.92 Å². The van der Waals surface area contributed by atoms with Crippen LogP contribution in [0.1, 0.15) is 20.8 Å². The number of alkyl carbamates (subject to hydrolysis) is 1. The highest BCUT2D eigenvalue weighted by Crippen LogP contribution is 2.25. The molecule has 0 spiro atoms. The van der Waals surface area contributed by atoms with E-state index in [2.05, 4.69) is 4.74 Å². The number of alkyl halides is 3. The van der Waals surface area contributed by atoms with Crippen molar-refractivity contribution in [1.29, 1.82) is 0 Å². The summed E-state index contributed by atoms with van der Waals surface area (Å²) in [6.07, 6.45) is -6.01. The molecule has 0 heterocycles. The van der Waals surface area contributed by atoms with Gasteiger partial charge in [0, 0.05) is 6.54 Å². The Morgan fingerprint density at radius 1 is 1.29 bits per heavy atom. The van der Waals surface area contributed by atoms with Gasteiger partial charge >= 0.3 is 18.2 Å². The van der Waals surface area contributed by atoms with Crippen molar-refractivity contribution in [2.75, 3.05) is 6.54 Å². The van der Waals surface area contributed by atoms with E-state index in [0.717, 1.165) is 0 Å². The third-order valence-electron chi connectivity index (χ3n) is 1.54. The molecule has 0 radical (unpaired) electrons. The lowest BCUT2D eigenvalue weighted by Gasteiger charge is -2.21. The maximum absolute atomic E-state index is 12.2. The molecule has 100 valence electrons. The smallest absolute Gasteiger partial charge is 0.407 e. The fourth-order valence-corrected chi connectivity index (χ4v) is 0.843. The summed E-state index contributed by atoms with van der Waals surface area (Å²) in [7, 11) is 0. The van der Waals surface area contributed by atoms with Gasteiger partial charge in [-0.15, -0.1) is 0 Å². The van der Waals surface area contributed by atoms with Crippen molar-refractivity contribution < 1.29 is 32.6 Å². The minimum absolute atomic E-state index is 0.860. The summed E-state index contributed by atoms with van der Waals surface area (Å²) in [5.74, 6) is -4.69. The minimum Gasteiger partial charge on any atom is -0.481 e. The fraction of sp³-hybridized carbons (Fsp3) is 0.778. The molecule has 2 N–H and O–H groups in total. The highest BCUT2D eigenvalue weighted by atomic mass is 19.4. The third kappa shape index (κ3) is 6.64. The number of carboxylic acids is 1. The number of amides is 1.